The fourth-order valence-electron chi connectivity index (χ4n) is 3.29. The van der Waals surface area contributed by atoms with Crippen molar-refractivity contribution in [1.29, 1.82) is 0 Å². The Kier molecular flexibility index (Phi) is 4.89. The van der Waals surface area contributed by atoms with Crippen LogP contribution in [0.3, 0.4) is 0 Å². The normalized spacial score (nSPS) is 14.0. The van der Waals surface area contributed by atoms with Gasteiger partial charge in [-0.15, -0.1) is 0 Å². The molecule has 0 radical (unpaired) electrons. The summed E-state index contributed by atoms with van der Waals surface area (Å²) in [6.45, 7) is 3.90. The molecule has 0 unspecified atom stereocenters. The lowest BCUT2D eigenvalue weighted by molar-refractivity contribution is -0.116. The number of fused-ring (bicyclic) bond motifs is 1. The van der Waals surface area contributed by atoms with Crippen LogP contribution in [0.4, 0.5) is 10.8 Å². The number of hydrogen-bond acceptors (Lipinski definition) is 6. The Morgan fingerprint density at radius 1 is 1.26 bits per heavy atom. The van der Waals surface area contributed by atoms with Gasteiger partial charge in [-0.05, 0) is 30.9 Å². The van der Waals surface area contributed by atoms with E-state index in [0.717, 1.165) is 48.7 Å². The average Bonchev–Trinajstić information content (AvgIpc) is 3.34. The summed E-state index contributed by atoms with van der Waals surface area (Å²) < 4.78 is 1.85. The number of thiazole rings is 1. The highest BCUT2D eigenvalue weighted by atomic mass is 32.1. The molecule has 0 aliphatic carbocycles. The molecule has 1 amide bonds. The summed E-state index contributed by atoms with van der Waals surface area (Å²) in [4.78, 5) is 36.2. The third-order valence-corrected chi connectivity index (χ3v) is 5.83. The number of carbonyl (C=O) groups is 1. The first-order chi connectivity index (χ1) is 13.2. The van der Waals surface area contributed by atoms with Crippen LogP contribution in [0.15, 0.2) is 35.4 Å². The van der Waals surface area contributed by atoms with E-state index in [1.54, 1.807) is 0 Å². The number of amides is 1. The highest BCUT2D eigenvalue weighted by Gasteiger charge is 2.19. The minimum atomic E-state index is -0.247. The van der Waals surface area contributed by atoms with Crippen LogP contribution in [0.5, 0.6) is 0 Å². The molecule has 27 heavy (non-hydrogen) atoms. The predicted molar refractivity (Wildman–Crippen MR) is 108 cm³/mol. The van der Waals surface area contributed by atoms with E-state index in [1.165, 1.54) is 22.2 Å². The lowest BCUT2D eigenvalue weighted by Gasteiger charge is -2.11. The van der Waals surface area contributed by atoms with Crippen LogP contribution in [-0.2, 0) is 17.8 Å². The van der Waals surface area contributed by atoms with Crippen molar-refractivity contribution in [3.8, 4) is 0 Å². The highest BCUT2D eigenvalue weighted by Crippen LogP contribution is 2.27. The van der Waals surface area contributed by atoms with Gasteiger partial charge in [-0.3, -0.25) is 14.2 Å². The molecule has 1 N–H and O–H groups in total. The van der Waals surface area contributed by atoms with Gasteiger partial charge in [0.05, 0.1) is 0 Å². The Morgan fingerprint density at radius 3 is 2.81 bits per heavy atom. The summed E-state index contributed by atoms with van der Waals surface area (Å²) in [6.07, 6.45) is 4.52. The first kappa shape index (κ1) is 17.7. The van der Waals surface area contributed by atoms with Crippen LogP contribution in [0.25, 0.3) is 10.3 Å². The van der Waals surface area contributed by atoms with Crippen LogP contribution in [0.2, 0.25) is 0 Å². The zero-order chi connectivity index (χ0) is 18.8. The van der Waals surface area contributed by atoms with Crippen molar-refractivity contribution in [3.63, 3.8) is 0 Å². The van der Waals surface area contributed by atoms with Gasteiger partial charge in [0, 0.05) is 18.8 Å². The largest absolute Gasteiger partial charge is 0.348 e. The van der Waals surface area contributed by atoms with Crippen LogP contribution in [-0.4, -0.2) is 33.5 Å². The van der Waals surface area contributed by atoms with Crippen molar-refractivity contribution >= 4 is 38.4 Å². The molecule has 1 fully saturated rings. The topological polar surface area (TPSA) is 80.1 Å². The minimum Gasteiger partial charge on any atom is -0.348 e. The second-order valence-corrected chi connectivity index (χ2v) is 7.56. The van der Waals surface area contributed by atoms with E-state index < -0.39 is 0 Å². The van der Waals surface area contributed by atoms with Gasteiger partial charge in [0.1, 0.15) is 17.6 Å². The smallest absolute Gasteiger partial charge is 0.273 e. The van der Waals surface area contributed by atoms with Crippen LogP contribution in [0, 0.1) is 0 Å². The van der Waals surface area contributed by atoms with Crippen molar-refractivity contribution in [3.05, 3.63) is 46.5 Å². The van der Waals surface area contributed by atoms with Crippen LogP contribution < -0.4 is 15.8 Å². The fraction of sp³-hybridized carbons (Fsp3) is 0.368. The van der Waals surface area contributed by atoms with E-state index in [0.29, 0.717) is 10.3 Å². The third-order valence-electron chi connectivity index (χ3n) is 4.74. The summed E-state index contributed by atoms with van der Waals surface area (Å²) in [5.74, 6) is -0.247. The Bertz CT molecular complexity index is 1040. The van der Waals surface area contributed by atoms with Gasteiger partial charge in [-0.1, -0.05) is 36.5 Å². The van der Waals surface area contributed by atoms with Gasteiger partial charge >= 0.3 is 0 Å². The number of para-hydroxylation sites is 1. The third kappa shape index (κ3) is 3.57. The molecule has 3 aromatic rings. The molecule has 0 atom stereocenters. The first-order valence-electron chi connectivity index (χ1n) is 9.14. The van der Waals surface area contributed by atoms with Crippen molar-refractivity contribution in [2.45, 2.75) is 32.7 Å². The van der Waals surface area contributed by atoms with Gasteiger partial charge < -0.3 is 10.2 Å². The molecular weight excluding hydrogens is 362 g/mol. The number of carbonyl (C=O) groups excluding carboxylic acids is 1. The Labute approximate surface area is 160 Å². The Balaban J connectivity index is 1.55. The van der Waals surface area contributed by atoms with Crippen molar-refractivity contribution in [2.24, 2.45) is 0 Å². The average molecular weight is 383 g/mol. The van der Waals surface area contributed by atoms with Crippen LogP contribution >= 0.6 is 11.3 Å². The van der Waals surface area contributed by atoms with Gasteiger partial charge in [-0.2, -0.15) is 4.98 Å². The van der Waals surface area contributed by atoms with Gasteiger partial charge in [0.25, 0.3) is 5.56 Å². The number of nitrogens with one attached hydrogen (secondary N) is 1. The Morgan fingerprint density at radius 2 is 2.04 bits per heavy atom. The molecule has 0 bridgehead atoms. The summed E-state index contributed by atoms with van der Waals surface area (Å²) in [6, 6.07) is 7.67. The van der Waals surface area contributed by atoms with E-state index in [1.807, 2.05) is 31.2 Å². The molecule has 0 spiro atoms. The molecule has 1 aromatic carbocycles. The quantitative estimate of drug-likeness (QED) is 0.733. The molecular formula is C19H21N5O2S. The van der Waals surface area contributed by atoms with Crippen molar-refractivity contribution in [2.75, 3.05) is 23.3 Å². The lowest BCUT2D eigenvalue weighted by Crippen LogP contribution is -2.27. The number of rotatable bonds is 5. The maximum absolute atomic E-state index is 12.8. The molecule has 4 rings (SSSR count). The number of benzene rings is 1. The van der Waals surface area contributed by atoms with Crippen LogP contribution in [0.1, 0.15) is 25.3 Å². The lowest BCUT2D eigenvalue weighted by atomic mass is 10.1. The molecule has 1 aliphatic heterocycles. The highest BCUT2D eigenvalue weighted by molar-refractivity contribution is 7.22. The van der Waals surface area contributed by atoms with E-state index >= 15 is 0 Å². The Hall–Kier alpha value is -2.74. The number of aromatic nitrogens is 3. The molecule has 3 heterocycles. The molecule has 140 valence electrons. The number of anilines is 2. The zero-order valence-electron chi connectivity index (χ0n) is 15.1. The van der Waals surface area contributed by atoms with Gasteiger partial charge in [-0.25, -0.2) is 4.98 Å². The van der Waals surface area contributed by atoms with Crippen molar-refractivity contribution in [1.82, 2.24) is 14.5 Å². The number of nitrogens with zero attached hydrogens (tertiary/aromatic N) is 4. The monoisotopic (exact) mass is 383 g/mol. The standard InChI is InChI=1S/C19H21N5O2S/c1-2-13-7-3-4-8-14(13)21-15(25)11-24-12-20-17-16(18(24)26)27-19(22-17)23-9-5-6-10-23/h3-4,7-8,12H,2,5-6,9-11H2,1H3,(H,21,25). The van der Waals surface area contributed by atoms with E-state index in [9.17, 15) is 9.59 Å². The second-order valence-electron chi connectivity index (χ2n) is 6.58. The minimum absolute atomic E-state index is 0.0726. The van der Waals surface area contributed by atoms with Crippen molar-refractivity contribution < 1.29 is 4.79 Å². The van der Waals surface area contributed by atoms with E-state index in [4.69, 9.17) is 0 Å². The molecule has 2 aromatic heterocycles. The summed E-state index contributed by atoms with van der Waals surface area (Å²) in [5, 5.41) is 3.73. The molecule has 1 saturated heterocycles. The predicted octanol–water partition coefficient (Wildman–Crippen LogP) is 2.65. The zero-order valence-corrected chi connectivity index (χ0v) is 16.0. The fourth-order valence-corrected chi connectivity index (χ4v) is 4.31. The first-order valence-corrected chi connectivity index (χ1v) is 9.96. The van der Waals surface area contributed by atoms with Gasteiger partial charge in [0.15, 0.2) is 10.8 Å². The maximum atomic E-state index is 12.8. The number of aryl methyl sites for hydroxylation is 1. The molecule has 1 aliphatic rings. The van der Waals surface area contributed by atoms with E-state index in [2.05, 4.69) is 20.2 Å². The SMILES string of the molecule is CCc1ccccc1NC(=O)Cn1cnc2nc(N3CCCC3)sc2c1=O. The molecule has 7 nitrogen and oxygen atoms in total. The van der Waals surface area contributed by atoms with Gasteiger partial charge in [0.2, 0.25) is 5.91 Å². The number of hydrogen-bond donors (Lipinski definition) is 1. The summed E-state index contributed by atoms with van der Waals surface area (Å²) in [7, 11) is 0. The molecule has 0 saturated carbocycles. The maximum Gasteiger partial charge on any atom is 0.273 e. The summed E-state index contributed by atoms with van der Waals surface area (Å²) in [5.41, 5.74) is 2.08. The second kappa shape index (κ2) is 7.48. The van der Waals surface area contributed by atoms with E-state index in [-0.39, 0.29) is 18.0 Å². The molecule has 8 heteroatoms. The summed E-state index contributed by atoms with van der Waals surface area (Å²) >= 11 is 1.36.